The Hall–Kier alpha value is -2.87. The van der Waals surface area contributed by atoms with Gasteiger partial charge in [0.2, 0.25) is 11.6 Å². The van der Waals surface area contributed by atoms with Crippen LogP contribution in [0, 0.1) is 0 Å². The van der Waals surface area contributed by atoms with E-state index in [1.165, 1.54) is 4.57 Å². The molecule has 2 heterocycles. The van der Waals surface area contributed by atoms with Crippen molar-refractivity contribution in [2.75, 3.05) is 0 Å². The molecule has 0 radical (unpaired) electrons. The highest BCUT2D eigenvalue weighted by molar-refractivity contribution is 6.46. The van der Waals surface area contributed by atoms with Crippen LogP contribution in [-0.4, -0.2) is 21.3 Å². The Labute approximate surface area is 119 Å². The maximum atomic E-state index is 12.5. The van der Waals surface area contributed by atoms with Gasteiger partial charge < -0.3 is 9.67 Å². The van der Waals surface area contributed by atoms with Gasteiger partial charge in [0.05, 0.1) is 5.52 Å². The van der Waals surface area contributed by atoms with Crippen molar-refractivity contribution in [2.45, 2.75) is 13.5 Å². The van der Waals surface area contributed by atoms with Gasteiger partial charge in [0.15, 0.2) is 0 Å². The van der Waals surface area contributed by atoms with E-state index in [0.717, 1.165) is 0 Å². The lowest BCUT2D eigenvalue weighted by Gasteiger charge is -2.12. The van der Waals surface area contributed by atoms with Crippen LogP contribution >= 0.6 is 0 Å². The van der Waals surface area contributed by atoms with E-state index in [0.29, 0.717) is 17.4 Å². The fourth-order valence-corrected chi connectivity index (χ4v) is 2.33. The van der Waals surface area contributed by atoms with E-state index in [1.54, 1.807) is 31.2 Å². The molecule has 2 aromatic rings. The summed E-state index contributed by atoms with van der Waals surface area (Å²) in [6, 6.07) is 6.89. The topological polar surface area (TPSA) is 108 Å². The summed E-state index contributed by atoms with van der Waals surface area (Å²) >= 11 is 0. The molecule has 0 fully saturated rings. The van der Waals surface area contributed by atoms with Crippen molar-refractivity contribution in [1.82, 2.24) is 21.1 Å². The fraction of sp³-hybridized carbons (Fsp3) is 0.154. The Bertz CT molecular complexity index is 824. The molecular formula is C13H13N5O3. The number of fused-ring (bicyclic) bond motifs is 1. The van der Waals surface area contributed by atoms with E-state index in [9.17, 15) is 14.7 Å². The van der Waals surface area contributed by atoms with E-state index < -0.39 is 11.3 Å². The van der Waals surface area contributed by atoms with E-state index in [4.69, 9.17) is 0 Å². The van der Waals surface area contributed by atoms with Gasteiger partial charge in [-0.2, -0.15) is 0 Å². The molecule has 1 aliphatic rings. The summed E-state index contributed by atoms with van der Waals surface area (Å²) in [5.41, 5.74) is 6.97. The summed E-state index contributed by atoms with van der Waals surface area (Å²) < 4.78 is 1.44. The lowest BCUT2D eigenvalue weighted by Crippen LogP contribution is -2.40. The summed E-state index contributed by atoms with van der Waals surface area (Å²) in [6.07, 6.45) is 0. The lowest BCUT2D eigenvalue weighted by molar-refractivity contribution is 0.105. The first-order valence-electron chi connectivity index (χ1n) is 6.38. The molecule has 108 valence electrons. The van der Waals surface area contributed by atoms with Crippen molar-refractivity contribution in [3.8, 4) is 5.75 Å². The number of ketones is 1. The molecule has 1 aromatic heterocycles. The summed E-state index contributed by atoms with van der Waals surface area (Å²) in [5.74, 6) is -1.09. The van der Waals surface area contributed by atoms with Crippen LogP contribution < -0.4 is 22.1 Å². The highest BCUT2D eigenvalue weighted by Crippen LogP contribution is 2.26. The van der Waals surface area contributed by atoms with Gasteiger partial charge in [0.25, 0.3) is 5.56 Å². The molecule has 0 spiro atoms. The zero-order valence-corrected chi connectivity index (χ0v) is 11.2. The number of para-hydroxylation sites is 1. The number of pyridine rings is 1. The molecule has 0 unspecified atom stereocenters. The molecule has 1 aliphatic heterocycles. The SMILES string of the molecule is CCn1c(=O)c(C(=O)C2=NNNN2)c(O)c2ccccc21. The number of hydrazone groups is 1. The van der Waals surface area contributed by atoms with Gasteiger partial charge in [-0.15, -0.1) is 10.6 Å². The third-order valence-corrected chi connectivity index (χ3v) is 3.31. The van der Waals surface area contributed by atoms with Crippen molar-refractivity contribution >= 4 is 22.5 Å². The van der Waals surface area contributed by atoms with Crippen molar-refractivity contribution in [2.24, 2.45) is 5.10 Å². The number of carbonyl (C=O) groups is 1. The Morgan fingerprint density at radius 1 is 1.38 bits per heavy atom. The molecule has 8 heteroatoms. The molecule has 4 N–H and O–H groups in total. The van der Waals surface area contributed by atoms with Crippen LogP contribution in [0.4, 0.5) is 0 Å². The third kappa shape index (κ3) is 1.93. The molecule has 0 aliphatic carbocycles. The van der Waals surface area contributed by atoms with Gasteiger partial charge in [-0.3, -0.25) is 15.0 Å². The van der Waals surface area contributed by atoms with Crippen LogP contribution in [0.5, 0.6) is 5.75 Å². The van der Waals surface area contributed by atoms with Crippen molar-refractivity contribution < 1.29 is 9.90 Å². The Morgan fingerprint density at radius 2 is 2.14 bits per heavy atom. The predicted octanol–water partition coefficient (Wildman–Crippen LogP) is -0.164. The quantitative estimate of drug-likeness (QED) is 0.584. The number of benzene rings is 1. The normalized spacial score (nSPS) is 13.7. The van der Waals surface area contributed by atoms with Crippen molar-refractivity contribution in [1.29, 1.82) is 0 Å². The maximum Gasteiger partial charge on any atom is 0.266 e. The van der Waals surface area contributed by atoms with Crippen molar-refractivity contribution in [3.05, 3.63) is 40.2 Å². The van der Waals surface area contributed by atoms with Crippen LogP contribution in [-0.2, 0) is 6.54 Å². The Morgan fingerprint density at radius 3 is 2.81 bits per heavy atom. The molecule has 0 saturated carbocycles. The standard InChI is InChI=1S/C13H13N5O3/c1-2-18-8-6-4-3-5-7(8)10(19)9(13(18)21)11(20)12-14-16-17-15-12/h3-6,16-17,19H,2H2,1H3,(H,14,15). The minimum atomic E-state index is -0.678. The van der Waals surface area contributed by atoms with E-state index in [2.05, 4.69) is 21.6 Å². The van der Waals surface area contributed by atoms with Gasteiger partial charge in [-0.25, -0.2) is 5.53 Å². The van der Waals surface area contributed by atoms with Crippen LogP contribution in [0.1, 0.15) is 17.3 Å². The van der Waals surface area contributed by atoms with Gasteiger partial charge in [-0.05, 0) is 19.1 Å². The zero-order valence-electron chi connectivity index (χ0n) is 11.2. The average Bonchev–Trinajstić information content (AvgIpc) is 3.02. The number of hydrazine groups is 2. The largest absolute Gasteiger partial charge is 0.506 e. The molecule has 0 bridgehead atoms. The van der Waals surface area contributed by atoms with Gasteiger partial charge in [0, 0.05) is 11.9 Å². The summed E-state index contributed by atoms with van der Waals surface area (Å²) in [5, 5.41) is 14.4. The number of carbonyl (C=O) groups excluding carboxylic acids is 1. The first-order chi connectivity index (χ1) is 10.1. The number of aryl methyl sites for hydroxylation is 1. The second kappa shape index (κ2) is 4.91. The van der Waals surface area contributed by atoms with E-state index >= 15 is 0 Å². The Kier molecular flexibility index (Phi) is 3.07. The second-order valence-corrected chi connectivity index (χ2v) is 4.44. The number of rotatable bonds is 3. The minimum absolute atomic E-state index is 0.0830. The number of nitrogens with zero attached hydrogens (tertiary/aromatic N) is 2. The highest BCUT2D eigenvalue weighted by Gasteiger charge is 2.26. The van der Waals surface area contributed by atoms with Gasteiger partial charge >= 0.3 is 0 Å². The van der Waals surface area contributed by atoms with E-state index in [-0.39, 0.29) is 17.1 Å². The number of nitrogens with one attached hydrogen (secondary N) is 3. The van der Waals surface area contributed by atoms with Gasteiger partial charge in [-0.1, -0.05) is 12.1 Å². The smallest absolute Gasteiger partial charge is 0.266 e. The Balaban J connectivity index is 2.32. The van der Waals surface area contributed by atoms with Crippen LogP contribution in [0.3, 0.4) is 0 Å². The molecule has 0 saturated heterocycles. The number of aromatic hydroxyl groups is 1. The molecule has 0 atom stereocenters. The molecule has 8 nitrogen and oxygen atoms in total. The number of aromatic nitrogens is 1. The molecule has 21 heavy (non-hydrogen) atoms. The number of hydrogen-bond donors (Lipinski definition) is 4. The highest BCUT2D eigenvalue weighted by atomic mass is 16.3. The molecule has 1 aromatic carbocycles. The zero-order chi connectivity index (χ0) is 15.0. The predicted molar refractivity (Wildman–Crippen MR) is 76.7 cm³/mol. The summed E-state index contributed by atoms with van der Waals surface area (Å²) in [7, 11) is 0. The fourth-order valence-electron chi connectivity index (χ4n) is 2.33. The minimum Gasteiger partial charge on any atom is -0.506 e. The lowest BCUT2D eigenvalue weighted by atomic mass is 10.1. The first kappa shape index (κ1) is 13.1. The average molecular weight is 287 g/mol. The number of amidine groups is 1. The van der Waals surface area contributed by atoms with Gasteiger partial charge in [0.1, 0.15) is 11.3 Å². The summed E-state index contributed by atoms with van der Waals surface area (Å²) in [4.78, 5) is 24.8. The monoisotopic (exact) mass is 287 g/mol. The first-order valence-corrected chi connectivity index (χ1v) is 6.38. The van der Waals surface area contributed by atoms with Crippen molar-refractivity contribution in [3.63, 3.8) is 0 Å². The van der Waals surface area contributed by atoms with E-state index in [1.807, 2.05) is 0 Å². The van der Waals surface area contributed by atoms with Crippen LogP contribution in [0.25, 0.3) is 10.9 Å². The van der Waals surface area contributed by atoms with Crippen LogP contribution in [0.2, 0.25) is 0 Å². The number of Topliss-reactive ketones (excluding diaryl/α,β-unsaturated/α-hetero) is 1. The molecular weight excluding hydrogens is 274 g/mol. The maximum absolute atomic E-state index is 12.5. The van der Waals surface area contributed by atoms with Crippen LogP contribution in [0.15, 0.2) is 34.2 Å². The molecule has 3 rings (SSSR count). The summed E-state index contributed by atoms with van der Waals surface area (Å²) in [6.45, 7) is 2.18. The number of hydrogen-bond acceptors (Lipinski definition) is 7. The molecule has 0 amide bonds. The third-order valence-electron chi connectivity index (χ3n) is 3.31. The second-order valence-electron chi connectivity index (χ2n) is 4.44.